The Kier molecular flexibility index (Phi) is 2.95. The highest BCUT2D eigenvalue weighted by Crippen LogP contribution is 2.41. The van der Waals surface area contributed by atoms with Crippen LogP contribution in [0.2, 0.25) is 0 Å². The Morgan fingerprint density at radius 3 is 2.58 bits per heavy atom. The first-order chi connectivity index (χ1) is 9.00. The number of carbonyl (C=O) groups is 2. The lowest BCUT2D eigenvalue weighted by Gasteiger charge is -2.33. The molecule has 0 aromatic heterocycles. The van der Waals surface area contributed by atoms with E-state index in [4.69, 9.17) is 0 Å². The van der Waals surface area contributed by atoms with E-state index in [-0.39, 0.29) is 17.6 Å². The number of aliphatic carboxylic acids is 1. The minimum absolute atomic E-state index is 0.0904. The Bertz CT molecular complexity index is 405. The molecule has 2 aliphatic carbocycles. The van der Waals surface area contributed by atoms with Crippen LogP contribution in [0.5, 0.6) is 0 Å². The Morgan fingerprint density at radius 2 is 1.95 bits per heavy atom. The van der Waals surface area contributed by atoms with Gasteiger partial charge in [-0.15, -0.1) is 0 Å². The van der Waals surface area contributed by atoms with E-state index in [0.29, 0.717) is 12.3 Å². The normalized spacial score (nSPS) is 35.6. The third-order valence-electron chi connectivity index (χ3n) is 5.02. The highest BCUT2D eigenvalue weighted by molar-refractivity contribution is 5.84. The summed E-state index contributed by atoms with van der Waals surface area (Å²) in [7, 11) is 0. The van der Waals surface area contributed by atoms with Gasteiger partial charge in [0.25, 0.3) is 0 Å². The number of likely N-dealkylation sites (tertiary alicyclic amines) is 1. The predicted octanol–water partition coefficient (Wildman–Crippen LogP) is 1.97. The molecule has 3 unspecified atom stereocenters. The van der Waals surface area contributed by atoms with Crippen molar-refractivity contribution in [3.05, 3.63) is 0 Å². The van der Waals surface area contributed by atoms with Gasteiger partial charge in [0.1, 0.15) is 6.04 Å². The Morgan fingerprint density at radius 1 is 1.26 bits per heavy atom. The molecule has 3 rings (SSSR count). The van der Waals surface area contributed by atoms with Gasteiger partial charge in [0.2, 0.25) is 0 Å². The Balaban J connectivity index is 1.77. The van der Waals surface area contributed by atoms with Gasteiger partial charge >= 0.3 is 12.0 Å². The Hall–Kier alpha value is -1.26. The summed E-state index contributed by atoms with van der Waals surface area (Å²) in [5.41, 5.74) is -0.0904. The lowest BCUT2D eigenvalue weighted by Crippen LogP contribution is -2.53. The number of carboxylic acid groups (broad SMARTS) is 1. The fraction of sp³-hybridized carbons (Fsp3) is 0.857. The summed E-state index contributed by atoms with van der Waals surface area (Å²) >= 11 is 0. The van der Waals surface area contributed by atoms with Crippen LogP contribution in [0.1, 0.15) is 51.9 Å². The molecule has 19 heavy (non-hydrogen) atoms. The number of hydrogen-bond acceptors (Lipinski definition) is 2. The summed E-state index contributed by atoms with van der Waals surface area (Å²) in [6.45, 7) is 2.02. The highest BCUT2D eigenvalue weighted by Gasteiger charge is 2.49. The summed E-state index contributed by atoms with van der Waals surface area (Å²) in [6.07, 6.45) is 6.92. The lowest BCUT2D eigenvalue weighted by molar-refractivity contribution is -0.141. The maximum Gasteiger partial charge on any atom is 0.326 e. The molecule has 2 N–H and O–H groups in total. The quantitative estimate of drug-likeness (QED) is 0.802. The molecule has 0 aromatic rings. The smallest absolute Gasteiger partial charge is 0.326 e. The topological polar surface area (TPSA) is 69.6 Å². The van der Waals surface area contributed by atoms with Crippen LogP contribution >= 0.6 is 0 Å². The van der Waals surface area contributed by atoms with E-state index in [1.54, 1.807) is 4.90 Å². The molecule has 1 aliphatic heterocycles. The molecule has 0 spiro atoms. The number of amides is 2. The second-order valence-corrected chi connectivity index (χ2v) is 6.60. The molecule has 5 heteroatoms. The summed E-state index contributed by atoms with van der Waals surface area (Å²) in [5, 5.41) is 12.4. The number of carbonyl (C=O) groups excluding carboxylic acids is 1. The molecule has 5 nitrogen and oxygen atoms in total. The van der Waals surface area contributed by atoms with Crippen molar-refractivity contribution in [3.8, 4) is 0 Å². The highest BCUT2D eigenvalue weighted by atomic mass is 16.4. The first-order valence-electron chi connectivity index (χ1n) is 7.33. The van der Waals surface area contributed by atoms with Crippen molar-refractivity contribution in [1.82, 2.24) is 10.2 Å². The standard InChI is InChI=1S/C14H22N2O3/c1-14(6-7-14)15-13(19)16-10-5-3-2-4-9(10)8-11(16)12(17)18/h9-11H,2-8H2,1H3,(H,15,19)(H,17,18). The molecule has 3 aliphatic rings. The van der Waals surface area contributed by atoms with Crippen LogP contribution in [0.4, 0.5) is 4.79 Å². The third kappa shape index (κ3) is 2.30. The average molecular weight is 266 g/mol. The SMILES string of the molecule is CC1(NC(=O)N2C(C(=O)O)CC3CCCCC32)CC1. The Labute approximate surface area is 113 Å². The van der Waals surface area contributed by atoms with E-state index in [9.17, 15) is 14.7 Å². The zero-order chi connectivity index (χ0) is 13.6. The molecule has 0 radical (unpaired) electrons. The van der Waals surface area contributed by atoms with Crippen molar-refractivity contribution < 1.29 is 14.7 Å². The van der Waals surface area contributed by atoms with Gasteiger partial charge in [-0.25, -0.2) is 9.59 Å². The average Bonchev–Trinajstić information content (AvgIpc) is 2.94. The van der Waals surface area contributed by atoms with Crippen molar-refractivity contribution in [3.63, 3.8) is 0 Å². The van der Waals surface area contributed by atoms with Gasteiger partial charge in [-0.2, -0.15) is 0 Å². The summed E-state index contributed by atoms with van der Waals surface area (Å²) in [4.78, 5) is 25.5. The molecule has 3 atom stereocenters. The number of nitrogens with zero attached hydrogens (tertiary/aromatic N) is 1. The number of nitrogens with one attached hydrogen (secondary N) is 1. The van der Waals surface area contributed by atoms with Gasteiger partial charge in [0.05, 0.1) is 0 Å². The molecule has 2 amide bonds. The van der Waals surface area contributed by atoms with Crippen LogP contribution in [0.25, 0.3) is 0 Å². The maximum absolute atomic E-state index is 12.4. The van der Waals surface area contributed by atoms with Crippen LogP contribution in [-0.2, 0) is 4.79 Å². The van der Waals surface area contributed by atoms with Crippen LogP contribution in [0, 0.1) is 5.92 Å². The largest absolute Gasteiger partial charge is 0.480 e. The van der Waals surface area contributed by atoms with Gasteiger partial charge in [-0.05, 0) is 44.9 Å². The number of carboxylic acids is 1. The minimum Gasteiger partial charge on any atom is -0.480 e. The van der Waals surface area contributed by atoms with Crippen LogP contribution in [-0.4, -0.2) is 39.6 Å². The van der Waals surface area contributed by atoms with Crippen molar-refractivity contribution in [2.45, 2.75) is 69.5 Å². The fourth-order valence-corrected chi connectivity index (χ4v) is 3.61. The molecule has 0 aromatic carbocycles. The van der Waals surface area contributed by atoms with Crippen molar-refractivity contribution in [2.24, 2.45) is 5.92 Å². The molecular weight excluding hydrogens is 244 g/mol. The zero-order valence-electron chi connectivity index (χ0n) is 11.4. The second-order valence-electron chi connectivity index (χ2n) is 6.60. The second kappa shape index (κ2) is 4.39. The summed E-state index contributed by atoms with van der Waals surface area (Å²) in [6, 6.07) is -0.658. The first kappa shape index (κ1) is 12.8. The van der Waals surface area contributed by atoms with E-state index < -0.39 is 12.0 Å². The van der Waals surface area contributed by atoms with Gasteiger partial charge in [-0.1, -0.05) is 12.8 Å². The monoisotopic (exact) mass is 266 g/mol. The van der Waals surface area contributed by atoms with E-state index in [1.807, 2.05) is 6.92 Å². The van der Waals surface area contributed by atoms with Gasteiger partial charge in [0, 0.05) is 11.6 Å². The van der Waals surface area contributed by atoms with Crippen molar-refractivity contribution in [2.75, 3.05) is 0 Å². The van der Waals surface area contributed by atoms with E-state index in [2.05, 4.69) is 5.32 Å². The predicted molar refractivity (Wildman–Crippen MR) is 69.8 cm³/mol. The van der Waals surface area contributed by atoms with Crippen LogP contribution in [0.15, 0.2) is 0 Å². The number of urea groups is 1. The fourth-order valence-electron chi connectivity index (χ4n) is 3.61. The van der Waals surface area contributed by atoms with Gasteiger partial charge in [-0.3, -0.25) is 0 Å². The number of hydrogen-bond donors (Lipinski definition) is 2. The van der Waals surface area contributed by atoms with Crippen molar-refractivity contribution in [1.29, 1.82) is 0 Å². The molecule has 3 fully saturated rings. The maximum atomic E-state index is 12.4. The summed E-state index contributed by atoms with van der Waals surface area (Å²) < 4.78 is 0. The van der Waals surface area contributed by atoms with Gasteiger partial charge < -0.3 is 15.3 Å². The third-order valence-corrected chi connectivity index (χ3v) is 5.02. The van der Waals surface area contributed by atoms with E-state index >= 15 is 0 Å². The molecule has 2 saturated carbocycles. The molecule has 1 heterocycles. The number of fused-ring (bicyclic) bond motifs is 1. The molecule has 106 valence electrons. The zero-order valence-corrected chi connectivity index (χ0v) is 11.4. The summed E-state index contributed by atoms with van der Waals surface area (Å²) in [5.74, 6) is -0.474. The van der Waals surface area contributed by atoms with Crippen molar-refractivity contribution >= 4 is 12.0 Å². The first-order valence-corrected chi connectivity index (χ1v) is 7.33. The van der Waals surface area contributed by atoms with E-state index in [1.165, 1.54) is 6.42 Å². The van der Waals surface area contributed by atoms with Gasteiger partial charge in [0.15, 0.2) is 0 Å². The van der Waals surface area contributed by atoms with E-state index in [0.717, 1.165) is 32.1 Å². The number of rotatable bonds is 2. The van der Waals surface area contributed by atoms with Crippen LogP contribution < -0.4 is 5.32 Å². The minimum atomic E-state index is -0.856. The molecule has 0 bridgehead atoms. The lowest BCUT2D eigenvalue weighted by atomic mass is 9.85. The molecule has 1 saturated heterocycles. The van der Waals surface area contributed by atoms with Crippen LogP contribution in [0.3, 0.4) is 0 Å². The molecular formula is C14H22N2O3.